The van der Waals surface area contributed by atoms with E-state index in [0.29, 0.717) is 26.2 Å². The number of thiophene rings is 1. The van der Waals surface area contributed by atoms with Gasteiger partial charge in [-0.25, -0.2) is 4.79 Å². The molecule has 0 saturated carbocycles. The summed E-state index contributed by atoms with van der Waals surface area (Å²) in [6.45, 7) is 4.57. The lowest BCUT2D eigenvalue weighted by Crippen LogP contribution is -2.50. The number of ether oxygens (including phenoxy) is 1. The highest BCUT2D eigenvalue weighted by molar-refractivity contribution is 7.07. The molecule has 1 aromatic rings. The van der Waals surface area contributed by atoms with Gasteiger partial charge in [-0.2, -0.15) is 11.3 Å². The largest absolute Gasteiger partial charge is 0.375 e. The molecule has 2 heterocycles. The summed E-state index contributed by atoms with van der Waals surface area (Å²) in [5.41, 5.74) is 1.25. The Hall–Kier alpha value is -1.11. The van der Waals surface area contributed by atoms with Crippen molar-refractivity contribution in [2.24, 2.45) is 0 Å². The molecule has 0 spiro atoms. The summed E-state index contributed by atoms with van der Waals surface area (Å²) in [6.07, 6.45) is 0.121. The molecule has 2 atom stereocenters. The fourth-order valence-electron chi connectivity index (χ4n) is 2.36. The molecule has 1 fully saturated rings. The van der Waals surface area contributed by atoms with E-state index < -0.39 is 0 Å². The van der Waals surface area contributed by atoms with Crippen molar-refractivity contribution < 1.29 is 9.53 Å². The first-order valence-corrected chi connectivity index (χ1v) is 7.85. The lowest BCUT2D eigenvalue weighted by molar-refractivity contribution is -0.00363. The van der Waals surface area contributed by atoms with E-state index in [2.05, 4.69) is 27.0 Å². The zero-order valence-corrected chi connectivity index (χ0v) is 13.2. The van der Waals surface area contributed by atoms with Gasteiger partial charge in [0.15, 0.2) is 0 Å². The van der Waals surface area contributed by atoms with Crippen molar-refractivity contribution >= 4 is 17.4 Å². The van der Waals surface area contributed by atoms with E-state index in [1.807, 2.05) is 25.9 Å². The minimum Gasteiger partial charge on any atom is -0.375 e. The van der Waals surface area contributed by atoms with E-state index in [-0.39, 0.29) is 18.2 Å². The zero-order valence-electron chi connectivity index (χ0n) is 12.3. The van der Waals surface area contributed by atoms with Crippen molar-refractivity contribution in [2.75, 3.05) is 40.3 Å². The SMILES string of the molecule is C[C@@H]1CN(C(=O)NC[C@@H](c2ccsc2)N(C)C)CCO1. The first kappa shape index (κ1) is 15.3. The van der Waals surface area contributed by atoms with Gasteiger partial charge in [0.25, 0.3) is 0 Å². The average Bonchev–Trinajstić information content (AvgIpc) is 2.92. The van der Waals surface area contributed by atoms with Crippen LogP contribution in [0.3, 0.4) is 0 Å². The predicted molar refractivity (Wildman–Crippen MR) is 81.1 cm³/mol. The molecule has 2 amide bonds. The van der Waals surface area contributed by atoms with Crippen molar-refractivity contribution in [3.05, 3.63) is 22.4 Å². The average molecular weight is 297 g/mol. The predicted octanol–water partition coefficient (Wildman–Crippen LogP) is 1.78. The monoisotopic (exact) mass is 297 g/mol. The van der Waals surface area contributed by atoms with Gasteiger partial charge in [0.1, 0.15) is 0 Å². The first-order valence-electron chi connectivity index (χ1n) is 6.91. The molecule has 0 radical (unpaired) electrons. The molecule has 5 nitrogen and oxygen atoms in total. The molecular formula is C14H23N3O2S. The van der Waals surface area contributed by atoms with Crippen molar-refractivity contribution in [1.82, 2.24) is 15.1 Å². The maximum absolute atomic E-state index is 12.2. The summed E-state index contributed by atoms with van der Waals surface area (Å²) in [5, 5.41) is 7.24. The van der Waals surface area contributed by atoms with Gasteiger partial charge in [0.2, 0.25) is 0 Å². The molecular weight excluding hydrogens is 274 g/mol. The van der Waals surface area contributed by atoms with Crippen LogP contribution in [0.25, 0.3) is 0 Å². The molecule has 1 aliphatic rings. The number of rotatable bonds is 4. The maximum Gasteiger partial charge on any atom is 0.317 e. The summed E-state index contributed by atoms with van der Waals surface area (Å²) in [5.74, 6) is 0. The highest BCUT2D eigenvalue weighted by Crippen LogP contribution is 2.20. The van der Waals surface area contributed by atoms with Gasteiger partial charge >= 0.3 is 6.03 Å². The highest BCUT2D eigenvalue weighted by Gasteiger charge is 2.22. The standard InChI is InChI=1S/C14H23N3O2S/c1-11-9-17(5-6-19-11)14(18)15-8-13(16(2)3)12-4-7-20-10-12/h4,7,10-11,13H,5-6,8-9H2,1-3H3,(H,15,18)/t11-,13+/m1/s1. The molecule has 20 heavy (non-hydrogen) atoms. The van der Waals surface area contributed by atoms with Crippen LogP contribution >= 0.6 is 11.3 Å². The van der Waals surface area contributed by atoms with Gasteiger partial charge in [0.05, 0.1) is 18.8 Å². The van der Waals surface area contributed by atoms with Crippen molar-refractivity contribution in [2.45, 2.75) is 19.1 Å². The smallest absolute Gasteiger partial charge is 0.317 e. The number of nitrogens with one attached hydrogen (secondary N) is 1. The lowest BCUT2D eigenvalue weighted by atomic mass is 10.1. The third-order valence-electron chi connectivity index (χ3n) is 3.53. The normalized spacial score (nSPS) is 21.0. The van der Waals surface area contributed by atoms with E-state index in [1.54, 1.807) is 11.3 Å². The second-order valence-corrected chi connectivity index (χ2v) is 6.13. The zero-order chi connectivity index (χ0) is 14.5. The molecule has 1 aromatic heterocycles. The van der Waals surface area contributed by atoms with Gasteiger partial charge in [-0.15, -0.1) is 0 Å². The summed E-state index contributed by atoms with van der Waals surface area (Å²) < 4.78 is 5.45. The Bertz CT molecular complexity index is 422. The van der Waals surface area contributed by atoms with Crippen LogP contribution in [0.5, 0.6) is 0 Å². The van der Waals surface area contributed by atoms with Gasteiger partial charge < -0.3 is 19.9 Å². The number of hydrogen-bond donors (Lipinski definition) is 1. The van der Waals surface area contributed by atoms with Gasteiger partial charge in [-0.1, -0.05) is 0 Å². The number of likely N-dealkylation sites (N-methyl/N-ethyl adjacent to an activating group) is 1. The minimum absolute atomic E-state index is 0.00206. The summed E-state index contributed by atoms with van der Waals surface area (Å²) in [4.78, 5) is 16.1. The van der Waals surface area contributed by atoms with E-state index in [1.165, 1.54) is 5.56 Å². The number of hydrogen-bond acceptors (Lipinski definition) is 4. The lowest BCUT2D eigenvalue weighted by Gasteiger charge is -2.32. The summed E-state index contributed by atoms with van der Waals surface area (Å²) >= 11 is 1.68. The Balaban J connectivity index is 1.87. The van der Waals surface area contributed by atoms with E-state index >= 15 is 0 Å². The van der Waals surface area contributed by atoms with Crippen LogP contribution in [0, 0.1) is 0 Å². The molecule has 1 saturated heterocycles. The summed E-state index contributed by atoms with van der Waals surface area (Å²) in [6, 6.07) is 2.32. The third kappa shape index (κ3) is 3.94. The molecule has 2 rings (SSSR count). The minimum atomic E-state index is 0.00206. The number of carbonyl (C=O) groups excluding carboxylic acids is 1. The number of nitrogens with zero attached hydrogens (tertiary/aromatic N) is 2. The summed E-state index contributed by atoms with van der Waals surface area (Å²) in [7, 11) is 4.07. The Labute approximate surface area is 124 Å². The molecule has 0 bridgehead atoms. The van der Waals surface area contributed by atoms with Gasteiger partial charge in [0, 0.05) is 19.6 Å². The number of carbonyl (C=O) groups is 1. The molecule has 112 valence electrons. The molecule has 6 heteroatoms. The van der Waals surface area contributed by atoms with Crippen LogP contribution in [0.15, 0.2) is 16.8 Å². The van der Waals surface area contributed by atoms with Crippen LogP contribution in [-0.2, 0) is 4.74 Å². The van der Waals surface area contributed by atoms with Crippen LogP contribution in [0.2, 0.25) is 0 Å². The Morgan fingerprint density at radius 2 is 2.45 bits per heavy atom. The second kappa shape index (κ2) is 7.06. The van der Waals surface area contributed by atoms with Crippen molar-refractivity contribution in [3.63, 3.8) is 0 Å². The van der Waals surface area contributed by atoms with Gasteiger partial charge in [-0.05, 0) is 43.4 Å². The van der Waals surface area contributed by atoms with E-state index in [9.17, 15) is 4.79 Å². The number of morpholine rings is 1. The van der Waals surface area contributed by atoms with Crippen LogP contribution < -0.4 is 5.32 Å². The quantitative estimate of drug-likeness (QED) is 0.921. The molecule has 0 unspecified atom stereocenters. The first-order chi connectivity index (χ1) is 9.58. The van der Waals surface area contributed by atoms with Crippen molar-refractivity contribution in [3.8, 4) is 0 Å². The van der Waals surface area contributed by atoms with Crippen LogP contribution in [0.4, 0.5) is 4.79 Å². The highest BCUT2D eigenvalue weighted by atomic mass is 32.1. The topological polar surface area (TPSA) is 44.8 Å². The number of urea groups is 1. The Kier molecular flexibility index (Phi) is 5.39. The second-order valence-electron chi connectivity index (χ2n) is 5.35. The maximum atomic E-state index is 12.2. The fraction of sp³-hybridized carbons (Fsp3) is 0.643. The van der Waals surface area contributed by atoms with Crippen LogP contribution in [0.1, 0.15) is 18.5 Å². The van der Waals surface area contributed by atoms with Crippen molar-refractivity contribution in [1.29, 1.82) is 0 Å². The third-order valence-corrected chi connectivity index (χ3v) is 4.23. The fourth-order valence-corrected chi connectivity index (χ4v) is 3.07. The molecule has 0 aliphatic carbocycles. The molecule has 0 aromatic carbocycles. The Morgan fingerprint density at radius 1 is 1.65 bits per heavy atom. The van der Waals surface area contributed by atoms with Crippen LogP contribution in [-0.4, -0.2) is 62.3 Å². The van der Waals surface area contributed by atoms with E-state index in [0.717, 1.165) is 0 Å². The van der Waals surface area contributed by atoms with Gasteiger partial charge in [-0.3, -0.25) is 0 Å². The van der Waals surface area contributed by atoms with E-state index in [4.69, 9.17) is 4.74 Å². The molecule has 1 aliphatic heterocycles. The molecule has 1 N–H and O–H groups in total. The number of amides is 2. The Morgan fingerprint density at radius 3 is 3.05 bits per heavy atom.